The Morgan fingerprint density at radius 3 is 1.57 bits per heavy atom. The quantitative estimate of drug-likeness (QED) is 0.0568. The highest BCUT2D eigenvalue weighted by atomic mass is 16.5. The Labute approximate surface area is 258 Å². The zero-order chi connectivity index (χ0) is 30.8. The van der Waals surface area contributed by atoms with Crippen LogP contribution in [0.15, 0.2) is 85.1 Å². The lowest BCUT2D eigenvalue weighted by Crippen LogP contribution is -2.16. The largest absolute Gasteiger partial charge is 0.481 e. The lowest BCUT2D eigenvalue weighted by Gasteiger charge is -2.14. The first-order valence-corrected chi connectivity index (χ1v) is 16.6. The summed E-state index contributed by atoms with van der Waals surface area (Å²) in [6, 6.07) is 0. The first-order valence-electron chi connectivity index (χ1n) is 16.6. The van der Waals surface area contributed by atoms with Gasteiger partial charge in [0.25, 0.3) is 0 Å². The van der Waals surface area contributed by atoms with E-state index in [1.165, 1.54) is 0 Å². The number of esters is 1. The van der Waals surface area contributed by atoms with Crippen LogP contribution in [-0.4, -0.2) is 23.1 Å². The predicted octanol–water partition coefficient (Wildman–Crippen LogP) is 11.3. The number of hydrogen-bond donors (Lipinski definition) is 1. The Hall–Kier alpha value is -2.88. The van der Waals surface area contributed by atoms with Gasteiger partial charge in [0, 0.05) is 12.8 Å². The molecule has 0 heterocycles. The number of carboxylic acid groups (broad SMARTS) is 1. The minimum absolute atomic E-state index is 0.110. The Bertz CT molecular complexity index is 841. The zero-order valence-electron chi connectivity index (χ0n) is 26.8. The van der Waals surface area contributed by atoms with E-state index in [0.29, 0.717) is 6.42 Å². The molecule has 0 aliphatic carbocycles. The van der Waals surface area contributed by atoms with E-state index in [-0.39, 0.29) is 18.5 Å². The summed E-state index contributed by atoms with van der Waals surface area (Å²) in [7, 11) is 0. The maximum Gasteiger partial charge on any atom is 0.306 e. The summed E-state index contributed by atoms with van der Waals surface area (Å²) in [5.41, 5.74) is 0. The number of ether oxygens (including phenoxy) is 1. The molecule has 0 radical (unpaired) electrons. The Kier molecular flexibility index (Phi) is 30.4. The summed E-state index contributed by atoms with van der Waals surface area (Å²) >= 11 is 0. The average Bonchev–Trinajstić information content (AvgIpc) is 2.97. The first kappa shape index (κ1) is 39.1. The maximum atomic E-state index is 12.5. The van der Waals surface area contributed by atoms with Gasteiger partial charge in [-0.1, -0.05) is 119 Å². The Morgan fingerprint density at radius 2 is 1.00 bits per heavy atom. The van der Waals surface area contributed by atoms with Gasteiger partial charge in [-0.2, -0.15) is 0 Å². The van der Waals surface area contributed by atoms with E-state index in [4.69, 9.17) is 9.84 Å². The molecule has 42 heavy (non-hydrogen) atoms. The predicted molar refractivity (Wildman–Crippen MR) is 181 cm³/mol. The molecular formula is C38H60O4. The number of allylic oxidation sites excluding steroid dienone is 13. The molecule has 0 aromatic rings. The van der Waals surface area contributed by atoms with Crippen molar-refractivity contribution in [2.75, 3.05) is 0 Å². The average molecular weight is 581 g/mol. The second-order valence-corrected chi connectivity index (χ2v) is 10.6. The van der Waals surface area contributed by atoms with Crippen LogP contribution in [0.3, 0.4) is 0 Å². The van der Waals surface area contributed by atoms with Gasteiger partial charge in [0.2, 0.25) is 0 Å². The molecule has 0 aromatic heterocycles. The van der Waals surface area contributed by atoms with E-state index in [9.17, 15) is 9.59 Å². The summed E-state index contributed by atoms with van der Waals surface area (Å²) in [6.07, 6.45) is 47.4. The van der Waals surface area contributed by atoms with E-state index in [2.05, 4.69) is 92.8 Å². The summed E-state index contributed by atoms with van der Waals surface area (Å²) in [5, 5.41) is 8.77. The van der Waals surface area contributed by atoms with Crippen LogP contribution < -0.4 is 0 Å². The van der Waals surface area contributed by atoms with Gasteiger partial charge in [-0.25, -0.2) is 0 Å². The first-order chi connectivity index (χ1) is 20.6. The summed E-state index contributed by atoms with van der Waals surface area (Å²) in [4.78, 5) is 23.2. The molecular weight excluding hydrogens is 520 g/mol. The third-order valence-electron chi connectivity index (χ3n) is 6.60. The highest BCUT2D eigenvalue weighted by molar-refractivity contribution is 5.69. The van der Waals surface area contributed by atoms with Gasteiger partial charge in [0.05, 0.1) is 0 Å². The van der Waals surface area contributed by atoms with Gasteiger partial charge < -0.3 is 9.84 Å². The maximum absolute atomic E-state index is 12.5. The molecule has 0 aromatic carbocycles. The number of carbonyl (C=O) groups excluding carboxylic acids is 1. The van der Waals surface area contributed by atoms with Crippen LogP contribution in [0.25, 0.3) is 0 Å². The summed E-state index contributed by atoms with van der Waals surface area (Å²) < 4.78 is 5.84. The summed E-state index contributed by atoms with van der Waals surface area (Å²) in [6.45, 7) is 4.29. The number of unbranched alkanes of at least 4 members (excludes halogenated alkanes) is 7. The van der Waals surface area contributed by atoms with Crippen molar-refractivity contribution in [3.8, 4) is 0 Å². The van der Waals surface area contributed by atoms with Crippen LogP contribution >= 0.6 is 0 Å². The van der Waals surface area contributed by atoms with E-state index in [1.807, 2.05) is 6.08 Å². The minimum Gasteiger partial charge on any atom is -0.481 e. The fraction of sp³-hybridized carbons (Fsp3) is 0.579. The standard InChI is InChI=1S/C38H60O4/c1-3-5-7-9-11-13-15-16-18-20-22-27-31-35-38(41)42-36(33-29-25-23-26-30-34-37(39)40)32-28-24-21-19-17-14-12-10-8-6-4-2/h5-8,11-14,16,18-19,21,28,32,36H,3-4,9-10,15,17,20,22-27,29-31,33-35H2,1-2H3,(H,39,40)/b7-5-,8-6-,13-11-,14-12-,18-16-,21-19-,32-28-. The highest BCUT2D eigenvalue weighted by Gasteiger charge is 2.11. The van der Waals surface area contributed by atoms with E-state index in [1.54, 1.807) is 0 Å². The fourth-order valence-corrected chi connectivity index (χ4v) is 4.22. The number of carboxylic acids is 1. The molecule has 0 aliphatic heterocycles. The van der Waals surface area contributed by atoms with Crippen LogP contribution in [-0.2, 0) is 14.3 Å². The lowest BCUT2D eigenvalue weighted by molar-refractivity contribution is -0.147. The highest BCUT2D eigenvalue weighted by Crippen LogP contribution is 2.14. The molecule has 236 valence electrons. The van der Waals surface area contributed by atoms with Crippen molar-refractivity contribution in [2.45, 2.75) is 142 Å². The number of rotatable bonds is 28. The van der Waals surface area contributed by atoms with Crippen molar-refractivity contribution in [2.24, 2.45) is 0 Å². The topological polar surface area (TPSA) is 63.6 Å². The molecule has 0 bridgehead atoms. The molecule has 0 fully saturated rings. The summed E-state index contributed by atoms with van der Waals surface area (Å²) in [5.74, 6) is -0.835. The van der Waals surface area contributed by atoms with Crippen molar-refractivity contribution in [1.82, 2.24) is 0 Å². The SMILES string of the molecule is CC/C=C\C/C=C\C/C=C\C/C=C\C(CCCCCCCC(=O)O)OC(=O)CCCCC/C=C\C/C=C\C/C=C\CC. The molecule has 0 rings (SSSR count). The second kappa shape index (κ2) is 32.6. The molecule has 1 atom stereocenters. The fourth-order valence-electron chi connectivity index (χ4n) is 4.22. The smallest absolute Gasteiger partial charge is 0.306 e. The third kappa shape index (κ3) is 31.6. The normalized spacial score (nSPS) is 13.4. The van der Waals surface area contributed by atoms with Gasteiger partial charge >= 0.3 is 11.9 Å². The number of aliphatic carboxylic acids is 1. The van der Waals surface area contributed by atoms with Crippen LogP contribution in [0.2, 0.25) is 0 Å². The van der Waals surface area contributed by atoms with Crippen molar-refractivity contribution in [1.29, 1.82) is 0 Å². The molecule has 4 nitrogen and oxygen atoms in total. The Balaban J connectivity index is 4.35. The van der Waals surface area contributed by atoms with Gasteiger partial charge in [-0.3, -0.25) is 9.59 Å². The Morgan fingerprint density at radius 1 is 0.548 bits per heavy atom. The van der Waals surface area contributed by atoms with Crippen LogP contribution in [0.4, 0.5) is 0 Å². The van der Waals surface area contributed by atoms with E-state index in [0.717, 1.165) is 109 Å². The molecule has 0 aliphatic rings. The van der Waals surface area contributed by atoms with Crippen molar-refractivity contribution in [3.05, 3.63) is 85.1 Å². The van der Waals surface area contributed by atoms with E-state index >= 15 is 0 Å². The van der Waals surface area contributed by atoms with Gasteiger partial charge in [-0.05, 0) is 89.5 Å². The van der Waals surface area contributed by atoms with Crippen LogP contribution in [0.1, 0.15) is 136 Å². The zero-order valence-corrected chi connectivity index (χ0v) is 26.8. The van der Waals surface area contributed by atoms with Gasteiger partial charge in [-0.15, -0.1) is 0 Å². The third-order valence-corrected chi connectivity index (χ3v) is 6.60. The minimum atomic E-state index is -0.725. The molecule has 0 saturated heterocycles. The molecule has 0 saturated carbocycles. The monoisotopic (exact) mass is 580 g/mol. The van der Waals surface area contributed by atoms with E-state index < -0.39 is 5.97 Å². The molecule has 0 spiro atoms. The number of hydrogen-bond acceptors (Lipinski definition) is 3. The second-order valence-electron chi connectivity index (χ2n) is 10.6. The molecule has 4 heteroatoms. The molecule has 1 N–H and O–H groups in total. The van der Waals surface area contributed by atoms with Gasteiger partial charge in [0.15, 0.2) is 0 Å². The van der Waals surface area contributed by atoms with Crippen LogP contribution in [0, 0.1) is 0 Å². The van der Waals surface area contributed by atoms with Crippen molar-refractivity contribution >= 4 is 11.9 Å². The molecule has 1 unspecified atom stereocenters. The van der Waals surface area contributed by atoms with Crippen molar-refractivity contribution in [3.63, 3.8) is 0 Å². The van der Waals surface area contributed by atoms with Crippen molar-refractivity contribution < 1.29 is 19.4 Å². The number of carbonyl (C=O) groups is 2. The lowest BCUT2D eigenvalue weighted by atomic mass is 10.1. The molecule has 0 amide bonds. The van der Waals surface area contributed by atoms with Crippen LogP contribution in [0.5, 0.6) is 0 Å². The van der Waals surface area contributed by atoms with Gasteiger partial charge in [0.1, 0.15) is 6.10 Å².